The molecule has 3 aliphatic rings. The van der Waals surface area contributed by atoms with Crippen LogP contribution in [0.1, 0.15) is 16.8 Å². The highest BCUT2D eigenvalue weighted by molar-refractivity contribution is 6.34. The maximum atomic E-state index is 12.6. The third-order valence-electron chi connectivity index (χ3n) is 4.91. The van der Waals surface area contributed by atoms with Crippen molar-refractivity contribution in [3.8, 4) is 0 Å². The van der Waals surface area contributed by atoms with Crippen molar-refractivity contribution < 1.29 is 19.5 Å². The third-order valence-corrected chi connectivity index (χ3v) is 5.24. The minimum Gasteiger partial charge on any atom is -0.478 e. The van der Waals surface area contributed by atoms with Crippen molar-refractivity contribution in [3.63, 3.8) is 0 Å². The number of carbonyl (C=O) groups excluding carboxylic acids is 2. The standard InChI is InChI=1S/C16H12ClNO4/c17-11-4-3-9(6-10(11)16(21)22)18-14(19)12-7-1-2-8(5-7)13(12)15(18)20/h1-4,6-8,12-13H,5H2,(H,21,22)/t7-,8-,12-,13-/m0/s1. The number of hydrogen-bond donors (Lipinski definition) is 1. The highest BCUT2D eigenvalue weighted by atomic mass is 35.5. The smallest absolute Gasteiger partial charge is 0.337 e. The zero-order chi connectivity index (χ0) is 15.6. The van der Waals surface area contributed by atoms with Gasteiger partial charge in [0.15, 0.2) is 0 Å². The Morgan fingerprint density at radius 2 is 1.73 bits per heavy atom. The van der Waals surface area contributed by atoms with Gasteiger partial charge in [0.05, 0.1) is 28.1 Å². The minimum atomic E-state index is -1.19. The Balaban J connectivity index is 1.76. The SMILES string of the molecule is O=C(O)c1cc(N2C(=O)[C@@H]3[C@@H](C2=O)[C@H]2C=C[C@H]3C2)ccc1Cl. The summed E-state index contributed by atoms with van der Waals surface area (Å²) in [5.41, 5.74) is 0.170. The van der Waals surface area contributed by atoms with Crippen molar-refractivity contribution in [3.05, 3.63) is 40.9 Å². The van der Waals surface area contributed by atoms with Gasteiger partial charge in [0.2, 0.25) is 11.8 Å². The molecule has 6 heteroatoms. The first-order valence-corrected chi connectivity index (χ1v) is 7.46. The Morgan fingerprint density at radius 3 is 2.27 bits per heavy atom. The summed E-state index contributed by atoms with van der Waals surface area (Å²) in [7, 11) is 0. The fourth-order valence-electron chi connectivity index (χ4n) is 3.97. The number of nitrogens with zero attached hydrogens (tertiary/aromatic N) is 1. The molecule has 4 rings (SSSR count). The molecule has 22 heavy (non-hydrogen) atoms. The van der Waals surface area contributed by atoms with E-state index in [1.54, 1.807) is 0 Å². The Bertz CT molecular complexity index is 727. The molecule has 112 valence electrons. The van der Waals surface area contributed by atoms with Crippen molar-refractivity contribution >= 4 is 35.1 Å². The summed E-state index contributed by atoms with van der Waals surface area (Å²) in [6.45, 7) is 0. The Labute approximate surface area is 131 Å². The van der Waals surface area contributed by atoms with Crippen LogP contribution in [0.2, 0.25) is 5.02 Å². The van der Waals surface area contributed by atoms with Crippen LogP contribution in [0.4, 0.5) is 5.69 Å². The van der Waals surface area contributed by atoms with Gasteiger partial charge in [-0.2, -0.15) is 0 Å². The van der Waals surface area contributed by atoms with E-state index in [9.17, 15) is 14.4 Å². The first kappa shape index (κ1) is 13.5. The van der Waals surface area contributed by atoms with Crippen LogP contribution in [-0.2, 0) is 9.59 Å². The van der Waals surface area contributed by atoms with Crippen LogP contribution in [-0.4, -0.2) is 22.9 Å². The molecule has 1 aromatic rings. The van der Waals surface area contributed by atoms with E-state index in [-0.39, 0.29) is 51.8 Å². The van der Waals surface area contributed by atoms with Crippen molar-refractivity contribution in [2.75, 3.05) is 4.90 Å². The molecule has 4 atom stereocenters. The van der Waals surface area contributed by atoms with Crippen molar-refractivity contribution in [2.24, 2.45) is 23.7 Å². The number of carboxylic acid groups (broad SMARTS) is 1. The lowest BCUT2D eigenvalue weighted by atomic mass is 9.85. The number of halogens is 1. The minimum absolute atomic E-state index is 0.0808. The monoisotopic (exact) mass is 317 g/mol. The quantitative estimate of drug-likeness (QED) is 0.671. The summed E-state index contributed by atoms with van der Waals surface area (Å²) >= 11 is 5.84. The molecule has 2 aliphatic carbocycles. The van der Waals surface area contributed by atoms with E-state index in [2.05, 4.69) is 0 Å². The predicted molar refractivity (Wildman–Crippen MR) is 78.6 cm³/mol. The average molecular weight is 318 g/mol. The van der Waals surface area contributed by atoms with E-state index in [0.717, 1.165) is 11.3 Å². The fourth-order valence-corrected chi connectivity index (χ4v) is 4.17. The van der Waals surface area contributed by atoms with Gasteiger partial charge in [-0.25, -0.2) is 9.69 Å². The van der Waals surface area contributed by atoms with E-state index >= 15 is 0 Å². The van der Waals surface area contributed by atoms with Crippen LogP contribution in [0.5, 0.6) is 0 Å². The molecule has 1 N–H and O–H groups in total. The van der Waals surface area contributed by atoms with Gasteiger partial charge in [-0.3, -0.25) is 9.59 Å². The van der Waals surface area contributed by atoms with Gasteiger partial charge in [0.1, 0.15) is 0 Å². The van der Waals surface area contributed by atoms with Crippen LogP contribution in [0.15, 0.2) is 30.4 Å². The molecule has 1 aromatic carbocycles. The number of anilines is 1. The number of allylic oxidation sites excluding steroid dienone is 2. The summed E-state index contributed by atoms with van der Waals surface area (Å²) in [5.74, 6) is -1.99. The van der Waals surface area contributed by atoms with Crippen LogP contribution >= 0.6 is 11.6 Å². The number of amides is 2. The Kier molecular flexibility index (Phi) is 2.72. The normalized spacial score (nSPS) is 32.0. The molecule has 1 saturated carbocycles. The summed E-state index contributed by atoms with van der Waals surface area (Å²) in [5, 5.41) is 9.22. The molecule has 0 aromatic heterocycles. The number of carbonyl (C=O) groups is 3. The molecule has 0 unspecified atom stereocenters. The molecule has 1 heterocycles. The van der Waals surface area contributed by atoms with Gasteiger partial charge in [-0.1, -0.05) is 23.8 Å². The molecule has 0 spiro atoms. The van der Waals surface area contributed by atoms with Gasteiger partial charge in [0.25, 0.3) is 0 Å². The van der Waals surface area contributed by atoms with Gasteiger partial charge < -0.3 is 5.11 Å². The lowest BCUT2D eigenvalue weighted by molar-refractivity contribution is -0.123. The van der Waals surface area contributed by atoms with Gasteiger partial charge in [-0.05, 0) is 36.5 Å². The van der Waals surface area contributed by atoms with Crippen LogP contribution < -0.4 is 4.90 Å². The molecular formula is C16H12ClNO4. The lowest BCUT2D eigenvalue weighted by Gasteiger charge is -2.18. The molecule has 0 radical (unpaired) electrons. The second-order valence-corrected chi connectivity index (χ2v) is 6.39. The second-order valence-electron chi connectivity index (χ2n) is 5.98. The molecule has 2 fully saturated rings. The molecule has 1 aliphatic heterocycles. The summed E-state index contributed by atoms with van der Waals surface area (Å²) in [6, 6.07) is 4.21. The maximum absolute atomic E-state index is 12.6. The third kappa shape index (κ3) is 1.63. The predicted octanol–water partition coefficient (Wildman–Crippen LogP) is 2.35. The number of hydrogen-bond acceptors (Lipinski definition) is 3. The maximum Gasteiger partial charge on any atom is 0.337 e. The lowest BCUT2D eigenvalue weighted by Crippen LogP contribution is -2.33. The summed E-state index contributed by atoms with van der Waals surface area (Å²) in [6.07, 6.45) is 4.90. The Morgan fingerprint density at radius 1 is 1.14 bits per heavy atom. The van der Waals surface area contributed by atoms with Gasteiger partial charge >= 0.3 is 5.97 Å². The fraction of sp³-hybridized carbons (Fsp3) is 0.312. The van der Waals surface area contributed by atoms with E-state index in [4.69, 9.17) is 16.7 Å². The first-order valence-electron chi connectivity index (χ1n) is 7.08. The zero-order valence-corrected chi connectivity index (χ0v) is 12.2. The van der Waals surface area contributed by atoms with Crippen molar-refractivity contribution in [2.45, 2.75) is 6.42 Å². The average Bonchev–Trinajstić information content (AvgIpc) is 3.14. The number of imide groups is 1. The van der Waals surface area contributed by atoms with E-state index in [0.29, 0.717) is 0 Å². The largest absolute Gasteiger partial charge is 0.478 e. The first-order chi connectivity index (χ1) is 10.5. The topological polar surface area (TPSA) is 74.7 Å². The van der Waals surface area contributed by atoms with Gasteiger partial charge in [-0.15, -0.1) is 0 Å². The highest BCUT2D eigenvalue weighted by Crippen LogP contribution is 2.53. The van der Waals surface area contributed by atoms with E-state index in [1.165, 1.54) is 18.2 Å². The molecule has 5 nitrogen and oxygen atoms in total. The number of rotatable bonds is 2. The van der Waals surface area contributed by atoms with Crippen molar-refractivity contribution in [1.29, 1.82) is 0 Å². The van der Waals surface area contributed by atoms with Crippen LogP contribution in [0.3, 0.4) is 0 Å². The summed E-state index contributed by atoms with van der Waals surface area (Å²) < 4.78 is 0. The van der Waals surface area contributed by atoms with Crippen LogP contribution in [0, 0.1) is 23.7 Å². The molecule has 2 amide bonds. The summed E-state index contributed by atoms with van der Waals surface area (Å²) in [4.78, 5) is 37.6. The second kappa shape index (κ2) is 4.43. The van der Waals surface area contributed by atoms with E-state index < -0.39 is 5.97 Å². The molecule has 2 bridgehead atoms. The number of aromatic carboxylic acids is 1. The number of fused-ring (bicyclic) bond motifs is 5. The number of carboxylic acids is 1. The van der Waals surface area contributed by atoms with Gasteiger partial charge in [0, 0.05) is 0 Å². The number of benzene rings is 1. The molecular weight excluding hydrogens is 306 g/mol. The van der Waals surface area contributed by atoms with E-state index in [1.807, 2.05) is 12.2 Å². The van der Waals surface area contributed by atoms with Crippen LogP contribution in [0.25, 0.3) is 0 Å². The zero-order valence-electron chi connectivity index (χ0n) is 11.4. The van der Waals surface area contributed by atoms with Crippen molar-refractivity contribution in [1.82, 2.24) is 0 Å². The Hall–Kier alpha value is -2.14. The molecule has 1 saturated heterocycles. The highest BCUT2D eigenvalue weighted by Gasteiger charge is 2.59.